The molecule has 0 saturated carbocycles. The molecule has 0 saturated heterocycles. The molecule has 1 aromatic carbocycles. The lowest BCUT2D eigenvalue weighted by Crippen LogP contribution is -1.97. The monoisotopic (exact) mass is 289 g/mol. The van der Waals surface area contributed by atoms with E-state index in [9.17, 15) is 0 Å². The van der Waals surface area contributed by atoms with Gasteiger partial charge in [-0.25, -0.2) is 0 Å². The number of hydrogen-bond acceptors (Lipinski definition) is 3. The number of benzene rings is 1. The van der Waals surface area contributed by atoms with Gasteiger partial charge >= 0.3 is 0 Å². The first kappa shape index (κ1) is 12.3. The maximum atomic E-state index is 6.15. The number of aromatic nitrogens is 2. The van der Waals surface area contributed by atoms with Gasteiger partial charge < -0.3 is 5.73 Å². The SMILES string of the molecule is Cn1nc(-c2ccsc2)c(-c2ccc(Cl)cc2)c1N. The Balaban J connectivity index is 2.22. The van der Waals surface area contributed by atoms with Crippen LogP contribution in [-0.4, -0.2) is 9.78 Å². The summed E-state index contributed by atoms with van der Waals surface area (Å²) in [5, 5.41) is 9.33. The summed E-state index contributed by atoms with van der Waals surface area (Å²) in [5.41, 5.74) is 10.1. The van der Waals surface area contributed by atoms with Crippen molar-refractivity contribution in [2.24, 2.45) is 7.05 Å². The second-order valence-corrected chi connectivity index (χ2v) is 5.47. The van der Waals surface area contributed by atoms with E-state index >= 15 is 0 Å². The molecule has 0 aliphatic rings. The maximum Gasteiger partial charge on any atom is 0.129 e. The van der Waals surface area contributed by atoms with E-state index in [0.717, 1.165) is 22.4 Å². The van der Waals surface area contributed by atoms with Crippen molar-refractivity contribution in [1.29, 1.82) is 0 Å². The molecule has 5 heteroatoms. The minimum absolute atomic E-state index is 0.656. The van der Waals surface area contributed by atoms with Gasteiger partial charge in [0.1, 0.15) is 11.5 Å². The van der Waals surface area contributed by atoms with Crippen LogP contribution in [0.5, 0.6) is 0 Å². The number of rotatable bonds is 2. The van der Waals surface area contributed by atoms with Crippen LogP contribution in [0.15, 0.2) is 41.1 Å². The van der Waals surface area contributed by atoms with Crippen LogP contribution < -0.4 is 5.73 Å². The summed E-state index contributed by atoms with van der Waals surface area (Å²) in [7, 11) is 1.85. The molecule has 0 bridgehead atoms. The Hall–Kier alpha value is -1.78. The fraction of sp³-hybridized carbons (Fsp3) is 0.0714. The molecule has 0 unspecified atom stereocenters. The van der Waals surface area contributed by atoms with E-state index in [1.54, 1.807) is 16.0 Å². The van der Waals surface area contributed by atoms with E-state index < -0.39 is 0 Å². The molecule has 19 heavy (non-hydrogen) atoms. The molecule has 0 aliphatic heterocycles. The second kappa shape index (κ2) is 4.72. The van der Waals surface area contributed by atoms with Gasteiger partial charge in [0, 0.05) is 23.0 Å². The predicted octanol–water partition coefficient (Wildman–Crippen LogP) is 4.05. The molecule has 3 nitrogen and oxygen atoms in total. The Morgan fingerprint density at radius 1 is 1.16 bits per heavy atom. The molecule has 96 valence electrons. The highest BCUT2D eigenvalue weighted by molar-refractivity contribution is 7.08. The van der Waals surface area contributed by atoms with E-state index in [2.05, 4.69) is 10.5 Å². The minimum Gasteiger partial charge on any atom is -0.383 e. The van der Waals surface area contributed by atoms with Crippen LogP contribution in [0.4, 0.5) is 5.82 Å². The Morgan fingerprint density at radius 3 is 2.53 bits per heavy atom. The minimum atomic E-state index is 0.656. The van der Waals surface area contributed by atoms with Crippen LogP contribution in [0.2, 0.25) is 5.02 Å². The Labute approximate surface area is 120 Å². The molecular formula is C14H12ClN3S. The standard InChI is InChI=1S/C14H12ClN3S/c1-18-14(16)12(9-2-4-11(15)5-3-9)13(17-18)10-6-7-19-8-10/h2-8H,16H2,1H3. The molecule has 0 fully saturated rings. The van der Waals surface area contributed by atoms with Gasteiger partial charge in [-0.2, -0.15) is 16.4 Å². The van der Waals surface area contributed by atoms with E-state index in [1.807, 2.05) is 42.8 Å². The van der Waals surface area contributed by atoms with Crippen molar-refractivity contribution in [2.75, 3.05) is 5.73 Å². The van der Waals surface area contributed by atoms with Crippen molar-refractivity contribution in [3.63, 3.8) is 0 Å². The van der Waals surface area contributed by atoms with Crippen molar-refractivity contribution < 1.29 is 0 Å². The number of aryl methyl sites for hydroxylation is 1. The smallest absolute Gasteiger partial charge is 0.129 e. The van der Waals surface area contributed by atoms with E-state index in [4.69, 9.17) is 17.3 Å². The number of hydrogen-bond donors (Lipinski definition) is 1. The largest absolute Gasteiger partial charge is 0.383 e. The number of anilines is 1. The third kappa shape index (κ3) is 2.13. The molecule has 0 amide bonds. The first-order valence-electron chi connectivity index (χ1n) is 5.78. The molecule has 0 radical (unpaired) electrons. The molecule has 3 rings (SSSR count). The molecule has 0 atom stereocenters. The highest BCUT2D eigenvalue weighted by Gasteiger charge is 2.17. The fourth-order valence-corrected chi connectivity index (χ4v) is 2.81. The summed E-state index contributed by atoms with van der Waals surface area (Å²) in [6, 6.07) is 9.70. The molecule has 0 spiro atoms. The van der Waals surface area contributed by atoms with Crippen LogP contribution in [0, 0.1) is 0 Å². The summed E-state index contributed by atoms with van der Waals surface area (Å²) in [4.78, 5) is 0. The molecular weight excluding hydrogens is 278 g/mol. The zero-order valence-corrected chi connectivity index (χ0v) is 11.9. The molecule has 2 heterocycles. The topological polar surface area (TPSA) is 43.8 Å². The van der Waals surface area contributed by atoms with Crippen molar-refractivity contribution in [2.45, 2.75) is 0 Å². The number of halogens is 1. The summed E-state index contributed by atoms with van der Waals surface area (Å²) in [6.07, 6.45) is 0. The number of nitrogens with zero attached hydrogens (tertiary/aromatic N) is 2. The average molecular weight is 290 g/mol. The second-order valence-electron chi connectivity index (χ2n) is 4.25. The Bertz CT molecular complexity index is 699. The van der Waals surface area contributed by atoms with Gasteiger partial charge in [-0.15, -0.1) is 0 Å². The third-order valence-electron chi connectivity index (χ3n) is 3.02. The van der Waals surface area contributed by atoms with Gasteiger partial charge in [0.15, 0.2) is 0 Å². The van der Waals surface area contributed by atoms with Gasteiger partial charge in [0.05, 0.1) is 5.56 Å². The lowest BCUT2D eigenvalue weighted by atomic mass is 10.0. The average Bonchev–Trinajstić information content (AvgIpc) is 3.01. The van der Waals surface area contributed by atoms with Crippen molar-refractivity contribution in [3.05, 3.63) is 46.1 Å². The Morgan fingerprint density at radius 2 is 1.89 bits per heavy atom. The van der Waals surface area contributed by atoms with Gasteiger partial charge in [0.2, 0.25) is 0 Å². The van der Waals surface area contributed by atoms with Gasteiger partial charge in [-0.3, -0.25) is 4.68 Å². The number of thiophene rings is 1. The maximum absolute atomic E-state index is 6.15. The van der Waals surface area contributed by atoms with E-state index in [0.29, 0.717) is 10.8 Å². The highest BCUT2D eigenvalue weighted by Crippen LogP contribution is 2.36. The van der Waals surface area contributed by atoms with Crippen molar-refractivity contribution >= 4 is 28.8 Å². The van der Waals surface area contributed by atoms with Gasteiger partial charge in [-0.05, 0) is 29.1 Å². The number of nitrogens with two attached hydrogens (primary N) is 1. The normalized spacial score (nSPS) is 10.8. The van der Waals surface area contributed by atoms with Crippen LogP contribution in [-0.2, 0) is 7.05 Å². The lowest BCUT2D eigenvalue weighted by molar-refractivity contribution is 0.782. The van der Waals surface area contributed by atoms with Gasteiger partial charge in [0.25, 0.3) is 0 Å². The first-order chi connectivity index (χ1) is 9.16. The van der Waals surface area contributed by atoms with Crippen LogP contribution in [0.3, 0.4) is 0 Å². The molecule has 0 aliphatic carbocycles. The summed E-state index contributed by atoms with van der Waals surface area (Å²) in [5.74, 6) is 0.656. The molecule has 2 N–H and O–H groups in total. The Kier molecular flexibility index (Phi) is 3.05. The lowest BCUT2D eigenvalue weighted by Gasteiger charge is -2.03. The number of nitrogen functional groups attached to an aromatic ring is 1. The van der Waals surface area contributed by atoms with Crippen molar-refractivity contribution in [3.8, 4) is 22.4 Å². The predicted molar refractivity (Wildman–Crippen MR) is 81.4 cm³/mol. The fourth-order valence-electron chi connectivity index (χ4n) is 2.04. The van der Waals surface area contributed by atoms with Crippen LogP contribution in [0.1, 0.15) is 0 Å². The van der Waals surface area contributed by atoms with Gasteiger partial charge in [-0.1, -0.05) is 23.7 Å². The summed E-state index contributed by atoms with van der Waals surface area (Å²) >= 11 is 7.58. The zero-order valence-electron chi connectivity index (χ0n) is 10.3. The third-order valence-corrected chi connectivity index (χ3v) is 3.95. The van der Waals surface area contributed by atoms with Crippen LogP contribution in [0.25, 0.3) is 22.4 Å². The van der Waals surface area contributed by atoms with E-state index in [1.165, 1.54) is 0 Å². The summed E-state index contributed by atoms with van der Waals surface area (Å²) < 4.78 is 1.71. The van der Waals surface area contributed by atoms with E-state index in [-0.39, 0.29) is 0 Å². The summed E-state index contributed by atoms with van der Waals surface area (Å²) in [6.45, 7) is 0. The van der Waals surface area contributed by atoms with Crippen LogP contribution >= 0.6 is 22.9 Å². The first-order valence-corrected chi connectivity index (χ1v) is 7.10. The highest BCUT2D eigenvalue weighted by atomic mass is 35.5. The van der Waals surface area contributed by atoms with Crippen molar-refractivity contribution in [1.82, 2.24) is 9.78 Å². The molecule has 3 aromatic rings. The zero-order chi connectivity index (χ0) is 13.4. The molecule has 2 aromatic heterocycles. The quantitative estimate of drug-likeness (QED) is 0.773.